The van der Waals surface area contributed by atoms with Gasteiger partial charge in [0, 0.05) is 30.3 Å². The van der Waals surface area contributed by atoms with Gasteiger partial charge in [0.25, 0.3) is 0 Å². The van der Waals surface area contributed by atoms with Gasteiger partial charge in [-0.15, -0.1) is 0 Å². The lowest BCUT2D eigenvalue weighted by Crippen LogP contribution is -2.23. The fourth-order valence-electron chi connectivity index (χ4n) is 3.16. The third kappa shape index (κ3) is 4.02. The highest BCUT2D eigenvalue weighted by atomic mass is 19.1. The first-order valence-electron chi connectivity index (χ1n) is 9.49. The summed E-state index contributed by atoms with van der Waals surface area (Å²) in [6.07, 6.45) is 0. The average molecular weight is 421 g/mol. The van der Waals surface area contributed by atoms with Crippen molar-refractivity contribution in [3.63, 3.8) is 0 Å². The maximum atomic E-state index is 14.4. The molecule has 0 aliphatic carbocycles. The maximum absolute atomic E-state index is 14.4. The molecule has 4 aromatic rings. The van der Waals surface area contributed by atoms with Crippen molar-refractivity contribution in [2.24, 2.45) is 7.05 Å². The molecule has 0 aliphatic heterocycles. The molecule has 2 aromatic carbocycles. The van der Waals surface area contributed by atoms with E-state index in [-0.39, 0.29) is 12.3 Å². The summed E-state index contributed by atoms with van der Waals surface area (Å²) in [7, 11) is 3.02. The fraction of sp³-hybridized carbons (Fsp3) is 0.182. The molecular weight excluding hydrogens is 401 g/mol. The predicted molar refractivity (Wildman–Crippen MR) is 112 cm³/mol. The number of benzene rings is 2. The summed E-state index contributed by atoms with van der Waals surface area (Å²) in [5, 5.41) is 7.68. The maximum Gasteiger partial charge on any atom is 0.368 e. The molecule has 9 heteroatoms. The summed E-state index contributed by atoms with van der Waals surface area (Å²) in [6.45, 7) is 2.06. The molecule has 8 nitrogen and oxygen atoms in total. The number of methoxy groups -OCH3 is 1. The van der Waals surface area contributed by atoms with E-state index in [4.69, 9.17) is 9.47 Å². The molecule has 0 unspecified atom stereocenters. The Morgan fingerprint density at radius 1 is 1.06 bits per heavy atom. The normalized spacial score (nSPS) is 10.8. The Kier molecular flexibility index (Phi) is 5.48. The molecule has 0 fully saturated rings. The molecule has 0 N–H and O–H groups in total. The van der Waals surface area contributed by atoms with Gasteiger partial charge in [0.2, 0.25) is 5.88 Å². The van der Waals surface area contributed by atoms with Gasteiger partial charge < -0.3 is 9.47 Å². The molecule has 2 aromatic heterocycles. The second-order valence-corrected chi connectivity index (χ2v) is 6.86. The molecule has 0 radical (unpaired) electrons. The van der Waals surface area contributed by atoms with Crippen LogP contribution in [0.4, 0.5) is 4.39 Å². The molecule has 0 saturated heterocycles. The predicted octanol–water partition coefficient (Wildman–Crippen LogP) is 3.06. The number of tetrazole rings is 1. The summed E-state index contributed by atoms with van der Waals surface area (Å²) in [4.78, 5) is 16.7. The monoisotopic (exact) mass is 421 g/mol. The summed E-state index contributed by atoms with van der Waals surface area (Å²) in [5.74, 6) is 0.320. The van der Waals surface area contributed by atoms with E-state index in [0.29, 0.717) is 28.6 Å². The van der Waals surface area contributed by atoms with Gasteiger partial charge in [0.15, 0.2) is 0 Å². The van der Waals surface area contributed by atoms with Crippen LogP contribution in [0.15, 0.2) is 59.4 Å². The van der Waals surface area contributed by atoms with E-state index in [0.717, 1.165) is 15.8 Å². The molecule has 158 valence electrons. The van der Waals surface area contributed by atoms with Crippen LogP contribution in [0, 0.1) is 12.7 Å². The number of aromatic nitrogens is 5. The van der Waals surface area contributed by atoms with Crippen LogP contribution >= 0.6 is 0 Å². The summed E-state index contributed by atoms with van der Waals surface area (Å²) < 4.78 is 27.8. The smallest absolute Gasteiger partial charge is 0.368 e. The zero-order valence-electron chi connectivity index (χ0n) is 17.2. The highest BCUT2D eigenvalue weighted by Gasteiger charge is 2.14. The topological polar surface area (TPSA) is 84.1 Å². The number of halogens is 1. The Labute approximate surface area is 177 Å². The number of hydrogen-bond acceptors (Lipinski definition) is 6. The third-order valence-electron chi connectivity index (χ3n) is 4.88. The van der Waals surface area contributed by atoms with Gasteiger partial charge in [-0.1, -0.05) is 18.2 Å². The Morgan fingerprint density at radius 3 is 2.58 bits per heavy atom. The third-order valence-corrected chi connectivity index (χ3v) is 4.88. The van der Waals surface area contributed by atoms with E-state index in [2.05, 4.69) is 15.4 Å². The van der Waals surface area contributed by atoms with Crippen LogP contribution in [0.1, 0.15) is 11.1 Å². The molecule has 2 heterocycles. The van der Waals surface area contributed by atoms with Gasteiger partial charge >= 0.3 is 5.69 Å². The average Bonchev–Trinajstić information content (AvgIpc) is 3.11. The minimum Gasteiger partial charge on any atom is -0.497 e. The number of hydrogen-bond donors (Lipinski definition) is 0. The van der Waals surface area contributed by atoms with E-state index in [1.165, 1.54) is 24.9 Å². The van der Waals surface area contributed by atoms with Gasteiger partial charge in [0.05, 0.1) is 18.5 Å². The van der Waals surface area contributed by atoms with Crippen LogP contribution in [0.3, 0.4) is 0 Å². The van der Waals surface area contributed by atoms with E-state index in [1.807, 2.05) is 19.1 Å². The second kappa shape index (κ2) is 8.39. The standard InChI is InChI=1S/C22H20FN5O3/c1-14-6-4-8-20(28-22(29)27(2)25-26-28)17(14)13-31-21-9-5-7-19(24-21)16-11-10-15(30-3)12-18(16)23/h4-12H,13H2,1-3H3. The fourth-order valence-corrected chi connectivity index (χ4v) is 3.16. The van der Waals surface area contributed by atoms with Crippen molar-refractivity contribution in [3.8, 4) is 28.6 Å². The van der Waals surface area contributed by atoms with Gasteiger partial charge in [-0.25, -0.2) is 14.2 Å². The van der Waals surface area contributed by atoms with Crippen molar-refractivity contribution >= 4 is 0 Å². The summed E-state index contributed by atoms with van der Waals surface area (Å²) >= 11 is 0. The zero-order chi connectivity index (χ0) is 22.0. The Bertz CT molecular complexity index is 1300. The van der Waals surface area contributed by atoms with Crippen molar-refractivity contribution in [1.82, 2.24) is 24.8 Å². The quantitative estimate of drug-likeness (QED) is 0.476. The first-order valence-corrected chi connectivity index (χ1v) is 9.49. The second-order valence-electron chi connectivity index (χ2n) is 6.86. The molecule has 0 atom stereocenters. The first-order chi connectivity index (χ1) is 15.0. The molecule has 0 aliphatic rings. The van der Waals surface area contributed by atoms with Crippen LogP contribution in [0.5, 0.6) is 11.6 Å². The minimum absolute atomic E-state index is 0.145. The van der Waals surface area contributed by atoms with Crippen molar-refractivity contribution in [2.75, 3.05) is 7.11 Å². The zero-order valence-corrected chi connectivity index (χ0v) is 17.2. The lowest BCUT2D eigenvalue weighted by atomic mass is 10.1. The number of ether oxygens (including phenoxy) is 2. The highest BCUT2D eigenvalue weighted by Crippen LogP contribution is 2.27. The van der Waals surface area contributed by atoms with Crippen molar-refractivity contribution in [3.05, 3.63) is 82.0 Å². The van der Waals surface area contributed by atoms with Crippen molar-refractivity contribution < 1.29 is 13.9 Å². The lowest BCUT2D eigenvalue weighted by Gasteiger charge is -2.13. The lowest BCUT2D eigenvalue weighted by molar-refractivity contribution is 0.293. The van der Waals surface area contributed by atoms with Crippen LogP contribution in [-0.2, 0) is 13.7 Å². The van der Waals surface area contributed by atoms with Gasteiger partial charge in [-0.05, 0) is 47.2 Å². The largest absolute Gasteiger partial charge is 0.497 e. The van der Waals surface area contributed by atoms with E-state index >= 15 is 0 Å². The van der Waals surface area contributed by atoms with Crippen LogP contribution < -0.4 is 15.2 Å². The number of pyridine rings is 1. The Balaban J connectivity index is 1.62. The number of nitrogens with zero attached hydrogens (tertiary/aromatic N) is 5. The van der Waals surface area contributed by atoms with Crippen LogP contribution in [-0.4, -0.2) is 31.9 Å². The molecule has 31 heavy (non-hydrogen) atoms. The summed E-state index contributed by atoms with van der Waals surface area (Å²) in [5.41, 5.74) is 2.69. The minimum atomic E-state index is -0.438. The van der Waals surface area contributed by atoms with Crippen molar-refractivity contribution in [1.29, 1.82) is 0 Å². The van der Waals surface area contributed by atoms with E-state index < -0.39 is 5.82 Å². The SMILES string of the molecule is COc1ccc(-c2cccc(OCc3c(C)cccc3-n3nnn(C)c3=O)n2)c(F)c1. The van der Waals surface area contributed by atoms with E-state index in [9.17, 15) is 9.18 Å². The highest BCUT2D eigenvalue weighted by molar-refractivity contribution is 5.61. The van der Waals surface area contributed by atoms with Gasteiger partial charge in [-0.2, -0.15) is 9.36 Å². The Morgan fingerprint density at radius 2 is 1.87 bits per heavy atom. The molecule has 0 saturated carbocycles. The van der Waals surface area contributed by atoms with E-state index in [1.54, 1.807) is 36.4 Å². The van der Waals surface area contributed by atoms with Crippen molar-refractivity contribution in [2.45, 2.75) is 13.5 Å². The first kappa shape index (κ1) is 20.3. The van der Waals surface area contributed by atoms with Crippen LogP contribution in [0.25, 0.3) is 16.9 Å². The molecule has 0 spiro atoms. The number of aryl methyl sites for hydroxylation is 2. The van der Waals surface area contributed by atoms with Crippen LogP contribution in [0.2, 0.25) is 0 Å². The van der Waals surface area contributed by atoms with Gasteiger partial charge in [-0.3, -0.25) is 0 Å². The number of rotatable bonds is 6. The summed E-state index contributed by atoms with van der Waals surface area (Å²) in [6, 6.07) is 15.3. The Hall–Kier alpha value is -4.01. The molecule has 0 bridgehead atoms. The molecular formula is C22H20FN5O3. The van der Waals surface area contributed by atoms with Gasteiger partial charge in [0.1, 0.15) is 18.2 Å². The molecule has 4 rings (SSSR count). The molecule has 0 amide bonds.